The highest BCUT2D eigenvalue weighted by Crippen LogP contribution is 2.43. The molecule has 0 radical (unpaired) electrons. The van der Waals surface area contributed by atoms with E-state index in [0.29, 0.717) is 19.7 Å². The van der Waals surface area contributed by atoms with Gasteiger partial charge in [0.25, 0.3) is 0 Å². The van der Waals surface area contributed by atoms with Gasteiger partial charge in [-0.1, -0.05) is 34.5 Å². The van der Waals surface area contributed by atoms with Gasteiger partial charge >= 0.3 is 0 Å². The standard InChI is InChI=1S/C16H21BrN2O2/c17-13-4-1-3-12(9-13)16(5-2-6-16)11-19-15(20)14-10-18-7-8-21-14/h1,3-4,9,14,18H,2,5-8,10-11H2,(H,19,20). The average molecular weight is 353 g/mol. The molecule has 1 atom stereocenters. The minimum atomic E-state index is -0.349. The van der Waals surface area contributed by atoms with E-state index in [1.165, 1.54) is 12.0 Å². The summed E-state index contributed by atoms with van der Waals surface area (Å²) in [4.78, 5) is 12.2. The number of nitrogens with one attached hydrogen (secondary N) is 2. The van der Waals surface area contributed by atoms with Gasteiger partial charge in [0.15, 0.2) is 0 Å². The molecule has 2 N–H and O–H groups in total. The number of ether oxygens (including phenoxy) is 1. The van der Waals surface area contributed by atoms with E-state index in [0.717, 1.165) is 23.9 Å². The number of amides is 1. The fraction of sp³-hybridized carbons (Fsp3) is 0.562. The summed E-state index contributed by atoms with van der Waals surface area (Å²) in [5, 5.41) is 6.28. The molecule has 1 heterocycles. The molecular formula is C16H21BrN2O2. The highest BCUT2D eigenvalue weighted by Gasteiger charge is 2.39. The van der Waals surface area contributed by atoms with E-state index in [1.807, 2.05) is 6.07 Å². The fourth-order valence-electron chi connectivity index (χ4n) is 3.09. The van der Waals surface area contributed by atoms with Crippen molar-refractivity contribution in [1.82, 2.24) is 10.6 Å². The second kappa shape index (κ2) is 6.46. The summed E-state index contributed by atoms with van der Waals surface area (Å²) in [6, 6.07) is 8.43. The third kappa shape index (κ3) is 3.30. The summed E-state index contributed by atoms with van der Waals surface area (Å²) in [5.74, 6) is 0.00321. The highest BCUT2D eigenvalue weighted by atomic mass is 79.9. The molecular weight excluding hydrogens is 332 g/mol. The Morgan fingerprint density at radius 1 is 1.48 bits per heavy atom. The minimum Gasteiger partial charge on any atom is -0.366 e. The normalized spacial score (nSPS) is 24.1. The molecule has 1 aliphatic carbocycles. The largest absolute Gasteiger partial charge is 0.366 e. The number of hydrogen-bond acceptors (Lipinski definition) is 3. The number of rotatable bonds is 4. The van der Waals surface area contributed by atoms with Crippen molar-refractivity contribution in [2.45, 2.75) is 30.8 Å². The van der Waals surface area contributed by atoms with E-state index in [9.17, 15) is 4.79 Å². The molecule has 3 rings (SSSR count). The van der Waals surface area contributed by atoms with Crippen LogP contribution in [0.25, 0.3) is 0 Å². The van der Waals surface area contributed by atoms with Crippen molar-refractivity contribution >= 4 is 21.8 Å². The van der Waals surface area contributed by atoms with Crippen LogP contribution in [0.1, 0.15) is 24.8 Å². The summed E-state index contributed by atoms with van der Waals surface area (Å²) in [6.45, 7) is 2.73. The summed E-state index contributed by atoms with van der Waals surface area (Å²) in [5.41, 5.74) is 1.41. The van der Waals surface area contributed by atoms with Gasteiger partial charge in [0.05, 0.1) is 6.61 Å². The zero-order valence-corrected chi connectivity index (χ0v) is 13.6. The maximum absolute atomic E-state index is 12.2. The van der Waals surface area contributed by atoms with Crippen LogP contribution in [0.3, 0.4) is 0 Å². The first-order valence-corrected chi connectivity index (χ1v) is 8.35. The fourth-order valence-corrected chi connectivity index (χ4v) is 3.49. The van der Waals surface area contributed by atoms with Crippen LogP contribution in [-0.2, 0) is 14.9 Å². The number of halogens is 1. The Morgan fingerprint density at radius 2 is 2.33 bits per heavy atom. The predicted octanol–water partition coefficient (Wildman–Crippen LogP) is 1.98. The van der Waals surface area contributed by atoms with E-state index in [1.54, 1.807) is 0 Å². The number of carbonyl (C=O) groups excluding carboxylic acids is 1. The van der Waals surface area contributed by atoms with E-state index in [4.69, 9.17) is 4.74 Å². The molecule has 2 aliphatic rings. The Morgan fingerprint density at radius 3 is 2.95 bits per heavy atom. The van der Waals surface area contributed by atoms with Crippen LogP contribution in [0.2, 0.25) is 0 Å². The second-order valence-electron chi connectivity index (χ2n) is 5.93. The van der Waals surface area contributed by atoms with Gasteiger partial charge in [-0.15, -0.1) is 0 Å². The first-order chi connectivity index (χ1) is 10.2. The summed E-state index contributed by atoms with van der Waals surface area (Å²) in [6.07, 6.45) is 3.14. The number of benzene rings is 1. The zero-order chi connectivity index (χ0) is 14.7. The van der Waals surface area contributed by atoms with E-state index in [2.05, 4.69) is 44.8 Å². The van der Waals surface area contributed by atoms with Crippen LogP contribution in [-0.4, -0.2) is 38.3 Å². The molecule has 0 aromatic heterocycles. The van der Waals surface area contributed by atoms with Gasteiger partial charge in [-0.3, -0.25) is 4.79 Å². The van der Waals surface area contributed by atoms with E-state index in [-0.39, 0.29) is 17.4 Å². The topological polar surface area (TPSA) is 50.4 Å². The molecule has 1 amide bonds. The Bertz CT molecular complexity index is 511. The molecule has 1 aromatic rings. The lowest BCUT2D eigenvalue weighted by molar-refractivity contribution is -0.134. The molecule has 2 fully saturated rings. The molecule has 114 valence electrons. The van der Waals surface area contributed by atoms with Gasteiger partial charge in [-0.05, 0) is 30.5 Å². The van der Waals surface area contributed by atoms with Crippen molar-refractivity contribution < 1.29 is 9.53 Å². The maximum atomic E-state index is 12.2. The average Bonchev–Trinajstić information content (AvgIpc) is 2.47. The molecule has 0 spiro atoms. The van der Waals surface area contributed by atoms with Crippen molar-refractivity contribution in [1.29, 1.82) is 0 Å². The van der Waals surface area contributed by atoms with Crippen LogP contribution >= 0.6 is 15.9 Å². The van der Waals surface area contributed by atoms with Gasteiger partial charge in [0.2, 0.25) is 5.91 Å². The van der Waals surface area contributed by atoms with Crippen LogP contribution < -0.4 is 10.6 Å². The molecule has 5 heteroatoms. The third-order valence-electron chi connectivity index (χ3n) is 4.57. The SMILES string of the molecule is O=C(NCC1(c2cccc(Br)c2)CCC1)C1CNCCO1. The Hall–Kier alpha value is -0.910. The summed E-state index contributed by atoms with van der Waals surface area (Å²) >= 11 is 3.53. The lowest BCUT2D eigenvalue weighted by atomic mass is 9.64. The van der Waals surface area contributed by atoms with Crippen molar-refractivity contribution in [3.05, 3.63) is 34.3 Å². The van der Waals surface area contributed by atoms with Crippen molar-refractivity contribution in [3.63, 3.8) is 0 Å². The minimum absolute atomic E-state index is 0.00321. The molecule has 1 aromatic carbocycles. The predicted molar refractivity (Wildman–Crippen MR) is 85.3 cm³/mol. The number of morpholine rings is 1. The van der Waals surface area contributed by atoms with Gasteiger partial charge in [0, 0.05) is 29.5 Å². The molecule has 21 heavy (non-hydrogen) atoms. The molecule has 1 unspecified atom stereocenters. The molecule has 0 bridgehead atoms. The Balaban J connectivity index is 1.63. The van der Waals surface area contributed by atoms with Crippen molar-refractivity contribution in [2.24, 2.45) is 0 Å². The maximum Gasteiger partial charge on any atom is 0.250 e. The molecule has 1 aliphatic heterocycles. The van der Waals surface area contributed by atoms with Gasteiger partial charge in [-0.2, -0.15) is 0 Å². The number of hydrogen-bond donors (Lipinski definition) is 2. The Labute approximate surface area is 133 Å². The molecule has 1 saturated carbocycles. The first kappa shape index (κ1) is 15.0. The lowest BCUT2D eigenvalue weighted by Gasteiger charge is -2.43. The summed E-state index contributed by atoms with van der Waals surface area (Å²) in [7, 11) is 0. The Kier molecular flexibility index (Phi) is 4.62. The van der Waals surface area contributed by atoms with Crippen LogP contribution in [0.4, 0.5) is 0 Å². The van der Waals surface area contributed by atoms with E-state index < -0.39 is 0 Å². The lowest BCUT2D eigenvalue weighted by Crippen LogP contribution is -2.52. The number of carbonyl (C=O) groups is 1. The van der Waals surface area contributed by atoms with E-state index >= 15 is 0 Å². The van der Waals surface area contributed by atoms with Crippen LogP contribution in [0.5, 0.6) is 0 Å². The molecule has 4 nitrogen and oxygen atoms in total. The van der Waals surface area contributed by atoms with Crippen molar-refractivity contribution in [2.75, 3.05) is 26.2 Å². The van der Waals surface area contributed by atoms with Gasteiger partial charge in [-0.25, -0.2) is 0 Å². The highest BCUT2D eigenvalue weighted by molar-refractivity contribution is 9.10. The second-order valence-corrected chi connectivity index (χ2v) is 6.84. The van der Waals surface area contributed by atoms with Crippen LogP contribution in [0, 0.1) is 0 Å². The van der Waals surface area contributed by atoms with Gasteiger partial charge in [0.1, 0.15) is 6.10 Å². The van der Waals surface area contributed by atoms with Crippen LogP contribution in [0.15, 0.2) is 28.7 Å². The molecule has 1 saturated heterocycles. The first-order valence-electron chi connectivity index (χ1n) is 7.56. The third-order valence-corrected chi connectivity index (χ3v) is 5.06. The van der Waals surface area contributed by atoms with Crippen molar-refractivity contribution in [3.8, 4) is 0 Å². The summed E-state index contributed by atoms with van der Waals surface area (Å²) < 4.78 is 6.59. The monoisotopic (exact) mass is 352 g/mol. The quantitative estimate of drug-likeness (QED) is 0.870. The zero-order valence-electron chi connectivity index (χ0n) is 12.0. The van der Waals surface area contributed by atoms with Gasteiger partial charge < -0.3 is 15.4 Å². The smallest absolute Gasteiger partial charge is 0.250 e.